The Labute approximate surface area is 241 Å². The molecule has 0 saturated heterocycles. The lowest BCUT2D eigenvalue weighted by atomic mass is 10.0. The third-order valence-electron chi connectivity index (χ3n) is 7.66. The van der Waals surface area contributed by atoms with E-state index in [4.69, 9.17) is 16.2 Å². The fourth-order valence-corrected chi connectivity index (χ4v) is 5.51. The zero-order valence-electron chi connectivity index (χ0n) is 23.7. The van der Waals surface area contributed by atoms with Gasteiger partial charge in [-0.1, -0.05) is 31.0 Å². The number of benzene rings is 2. The fraction of sp³-hybridized carbons (Fsp3) is 0.467. The van der Waals surface area contributed by atoms with E-state index in [1.54, 1.807) is 4.90 Å². The van der Waals surface area contributed by atoms with E-state index < -0.39 is 23.5 Å². The topological polar surface area (TPSA) is 72.5 Å². The summed E-state index contributed by atoms with van der Waals surface area (Å²) in [7, 11) is 1.45. The van der Waals surface area contributed by atoms with Gasteiger partial charge in [-0.3, -0.25) is 10.3 Å². The molecule has 12 heteroatoms. The number of nitrogens with two attached hydrogens (primary N) is 1. The molecule has 6 nitrogen and oxygen atoms in total. The van der Waals surface area contributed by atoms with Crippen LogP contribution in [0.15, 0.2) is 48.5 Å². The van der Waals surface area contributed by atoms with Crippen molar-refractivity contribution in [2.45, 2.75) is 58.0 Å². The molecule has 0 spiro atoms. The van der Waals surface area contributed by atoms with Crippen molar-refractivity contribution in [2.24, 2.45) is 11.8 Å². The van der Waals surface area contributed by atoms with Gasteiger partial charge in [-0.2, -0.15) is 26.3 Å². The van der Waals surface area contributed by atoms with Crippen molar-refractivity contribution in [3.8, 4) is 0 Å². The average Bonchev–Trinajstić information content (AvgIpc) is 3.43. The van der Waals surface area contributed by atoms with E-state index in [9.17, 15) is 26.3 Å². The first-order chi connectivity index (χ1) is 19.7. The van der Waals surface area contributed by atoms with Gasteiger partial charge in [0.25, 0.3) is 0 Å². The largest absolute Gasteiger partial charge is 0.416 e. The van der Waals surface area contributed by atoms with Crippen molar-refractivity contribution in [3.05, 3.63) is 70.8 Å². The van der Waals surface area contributed by atoms with E-state index in [-0.39, 0.29) is 37.1 Å². The van der Waals surface area contributed by atoms with E-state index >= 15 is 0 Å². The summed E-state index contributed by atoms with van der Waals surface area (Å²) in [5.74, 6) is 6.96. The summed E-state index contributed by atoms with van der Waals surface area (Å²) in [5.41, 5.74) is -1.36. The molecule has 3 N–H and O–H groups in total. The Bertz CT molecular complexity index is 1350. The number of pyridine rings is 1. The Morgan fingerprint density at radius 1 is 0.952 bits per heavy atom. The van der Waals surface area contributed by atoms with E-state index in [0.29, 0.717) is 12.5 Å². The normalized spacial score (nSPS) is 14.6. The highest BCUT2D eigenvalue weighted by molar-refractivity contribution is 5.82. The zero-order valence-corrected chi connectivity index (χ0v) is 23.7. The lowest BCUT2D eigenvalue weighted by Crippen LogP contribution is -2.41. The van der Waals surface area contributed by atoms with Crippen molar-refractivity contribution >= 4 is 22.6 Å². The molecular weight excluding hydrogens is 558 g/mol. The van der Waals surface area contributed by atoms with Gasteiger partial charge in [-0.05, 0) is 61.6 Å². The number of halogens is 6. The van der Waals surface area contributed by atoms with Crippen LogP contribution in [0.5, 0.6) is 0 Å². The molecule has 0 amide bonds. The van der Waals surface area contributed by atoms with Crippen LogP contribution in [-0.4, -0.2) is 47.4 Å². The van der Waals surface area contributed by atoms with Gasteiger partial charge in [0.1, 0.15) is 11.7 Å². The Morgan fingerprint density at radius 3 is 2.14 bits per heavy atom. The molecule has 4 rings (SSSR count). The number of nitrogens with one attached hydrogen (secondary N) is 1. The molecule has 42 heavy (non-hydrogen) atoms. The maximum Gasteiger partial charge on any atom is 0.416 e. The second-order valence-electron chi connectivity index (χ2n) is 11.0. The van der Waals surface area contributed by atoms with Crippen LogP contribution in [0.25, 0.3) is 10.9 Å². The number of rotatable bonds is 10. The van der Waals surface area contributed by atoms with Crippen molar-refractivity contribution in [2.75, 3.05) is 31.6 Å². The molecule has 3 aromatic rings. The highest BCUT2D eigenvalue weighted by atomic mass is 19.4. The minimum absolute atomic E-state index is 0.0494. The highest BCUT2D eigenvalue weighted by Crippen LogP contribution is 2.37. The SMILES string of the molecule is CCN(CC1CCCC1)c1nc2ccccc2cc1CN(CC(=N)N(C)N)Cc1cc(C(F)(F)F)cc(C(F)(F)F)c1. The third kappa shape index (κ3) is 7.91. The molecule has 0 bridgehead atoms. The van der Waals surface area contributed by atoms with Crippen LogP contribution in [0, 0.1) is 11.3 Å². The molecule has 228 valence electrons. The minimum Gasteiger partial charge on any atom is -0.356 e. The van der Waals surface area contributed by atoms with Crippen molar-refractivity contribution in [1.29, 1.82) is 5.41 Å². The van der Waals surface area contributed by atoms with Gasteiger partial charge in [0.05, 0.1) is 23.2 Å². The number of amidine groups is 1. The van der Waals surface area contributed by atoms with E-state index in [2.05, 4.69) is 4.90 Å². The van der Waals surface area contributed by atoms with Gasteiger partial charge in [-0.15, -0.1) is 0 Å². The Balaban J connectivity index is 1.76. The smallest absolute Gasteiger partial charge is 0.356 e. The molecule has 1 saturated carbocycles. The quantitative estimate of drug-likeness (QED) is 0.0864. The number of hydrogen-bond acceptors (Lipinski definition) is 5. The number of hydrogen-bond donors (Lipinski definition) is 2. The van der Waals surface area contributed by atoms with Crippen LogP contribution < -0.4 is 10.7 Å². The molecule has 1 aromatic heterocycles. The van der Waals surface area contributed by atoms with Gasteiger partial charge in [0.15, 0.2) is 0 Å². The zero-order chi connectivity index (χ0) is 30.7. The Morgan fingerprint density at radius 2 is 1.57 bits per heavy atom. The van der Waals surface area contributed by atoms with Crippen LogP contribution in [0.4, 0.5) is 32.2 Å². The molecule has 1 fully saturated rings. The van der Waals surface area contributed by atoms with Crippen LogP contribution in [0.1, 0.15) is 54.9 Å². The Kier molecular flexibility index (Phi) is 9.67. The van der Waals surface area contributed by atoms with Crippen molar-refractivity contribution < 1.29 is 26.3 Å². The molecule has 1 aliphatic carbocycles. The Hall–Kier alpha value is -3.38. The molecule has 0 unspecified atom stereocenters. The monoisotopic (exact) mass is 594 g/mol. The lowest BCUT2D eigenvalue weighted by molar-refractivity contribution is -0.143. The van der Waals surface area contributed by atoms with Gasteiger partial charge in [-0.25, -0.2) is 10.8 Å². The van der Waals surface area contributed by atoms with Crippen molar-refractivity contribution in [1.82, 2.24) is 14.9 Å². The number of nitrogens with zero attached hydrogens (tertiary/aromatic N) is 4. The van der Waals surface area contributed by atoms with E-state index in [0.717, 1.165) is 58.8 Å². The first kappa shape index (κ1) is 31.6. The second-order valence-corrected chi connectivity index (χ2v) is 11.0. The lowest BCUT2D eigenvalue weighted by Gasteiger charge is -2.31. The molecule has 1 heterocycles. The average molecular weight is 595 g/mol. The maximum atomic E-state index is 13.6. The first-order valence-corrected chi connectivity index (χ1v) is 13.9. The molecule has 0 aliphatic heterocycles. The van der Waals surface area contributed by atoms with Gasteiger partial charge >= 0.3 is 12.4 Å². The molecular formula is C30H36F6N6. The molecule has 2 aromatic carbocycles. The van der Waals surface area contributed by atoms with Crippen LogP contribution in [0.3, 0.4) is 0 Å². The van der Waals surface area contributed by atoms with E-state index in [1.807, 2.05) is 37.3 Å². The third-order valence-corrected chi connectivity index (χ3v) is 7.66. The van der Waals surface area contributed by atoms with Gasteiger partial charge in [0, 0.05) is 44.2 Å². The summed E-state index contributed by atoms with van der Waals surface area (Å²) in [6.07, 6.45) is -5.30. The molecule has 1 aliphatic rings. The van der Waals surface area contributed by atoms with Gasteiger partial charge < -0.3 is 9.91 Å². The summed E-state index contributed by atoms with van der Waals surface area (Å²) in [4.78, 5) is 8.79. The van der Waals surface area contributed by atoms with Crippen molar-refractivity contribution in [3.63, 3.8) is 0 Å². The van der Waals surface area contributed by atoms with Gasteiger partial charge in [0.2, 0.25) is 0 Å². The van der Waals surface area contributed by atoms with Crippen LogP contribution >= 0.6 is 0 Å². The first-order valence-electron chi connectivity index (χ1n) is 13.9. The molecule has 0 atom stereocenters. The number of aromatic nitrogens is 1. The van der Waals surface area contributed by atoms with Crippen LogP contribution in [0.2, 0.25) is 0 Å². The summed E-state index contributed by atoms with van der Waals surface area (Å²) in [5, 5.41) is 10.2. The number of anilines is 1. The minimum atomic E-state index is -4.96. The van der Waals surface area contributed by atoms with Crippen LogP contribution in [-0.2, 0) is 25.4 Å². The number of alkyl halides is 6. The maximum absolute atomic E-state index is 13.6. The van der Waals surface area contributed by atoms with E-state index in [1.165, 1.54) is 19.9 Å². The number of likely N-dealkylation sites (N-methyl/N-ethyl adjacent to an activating group) is 1. The number of para-hydroxylation sites is 1. The summed E-state index contributed by atoms with van der Waals surface area (Å²) in [6.45, 7) is 3.27. The summed E-state index contributed by atoms with van der Waals surface area (Å²) in [6, 6.07) is 11.1. The summed E-state index contributed by atoms with van der Waals surface area (Å²) >= 11 is 0. The predicted molar refractivity (Wildman–Crippen MR) is 152 cm³/mol. The summed E-state index contributed by atoms with van der Waals surface area (Å²) < 4.78 is 81.5. The molecule has 0 radical (unpaired) electrons. The second kappa shape index (κ2) is 12.9. The predicted octanol–water partition coefficient (Wildman–Crippen LogP) is 7.07. The standard InChI is InChI=1S/C30H36F6N6/c1-3-42(17-20-8-4-5-9-20)28-23(14-22-10-6-7-11-26(22)39-28)18-41(19-27(37)40(2)38)16-21-12-24(29(31,32)33)15-25(13-21)30(34,35)36/h6-7,10-15,20,37H,3-5,8-9,16-19,38H2,1-2H3. The highest BCUT2D eigenvalue weighted by Gasteiger charge is 2.37. The number of hydrazine groups is 1. The fourth-order valence-electron chi connectivity index (χ4n) is 5.51. The number of fused-ring (bicyclic) bond motifs is 1.